The molecule has 4 saturated heterocycles. The summed E-state index contributed by atoms with van der Waals surface area (Å²) < 4.78 is 58.5. The number of halogens is 3. The average Bonchev–Trinajstić information content (AvgIpc) is 3.74. The lowest BCUT2D eigenvalue weighted by Crippen LogP contribution is -2.57. The fraction of sp³-hybridized carbons (Fsp3) is 0.514. The number of carbonyl (C=O) groups is 1. The maximum Gasteiger partial charge on any atom is 0.410 e. The number of amides is 1. The van der Waals surface area contributed by atoms with Gasteiger partial charge < -0.3 is 19.5 Å². The number of pyridine rings is 1. The van der Waals surface area contributed by atoms with Crippen molar-refractivity contribution < 1.29 is 32.5 Å². The molecule has 0 saturated carbocycles. The molecule has 0 unspecified atom stereocenters. The first kappa shape index (κ1) is 32.9. The summed E-state index contributed by atoms with van der Waals surface area (Å²) in [5.74, 6) is -2.49. The number of ether oxygens (including phenoxy) is 2. The minimum atomic E-state index is -1.08. The van der Waals surface area contributed by atoms with Gasteiger partial charge in [-0.05, 0) is 77.3 Å². The maximum absolute atomic E-state index is 16.8. The van der Waals surface area contributed by atoms with Crippen molar-refractivity contribution in [2.75, 3.05) is 37.7 Å². The van der Waals surface area contributed by atoms with E-state index < -0.39 is 23.1 Å². The van der Waals surface area contributed by atoms with E-state index in [0.717, 1.165) is 51.1 Å². The van der Waals surface area contributed by atoms with Gasteiger partial charge in [0.25, 0.3) is 0 Å². The van der Waals surface area contributed by atoms with Crippen molar-refractivity contribution in [3.05, 3.63) is 54.0 Å². The van der Waals surface area contributed by atoms with Gasteiger partial charge in [0.2, 0.25) is 0 Å². The molecule has 2 bridgehead atoms. The molecular weight excluding hydrogens is 649 g/mol. The van der Waals surface area contributed by atoms with Crippen LogP contribution in [0.4, 0.5) is 23.8 Å². The molecule has 50 heavy (non-hydrogen) atoms. The van der Waals surface area contributed by atoms with Crippen LogP contribution < -0.4 is 9.64 Å². The van der Waals surface area contributed by atoms with Crippen LogP contribution in [-0.4, -0.2) is 98.1 Å². The van der Waals surface area contributed by atoms with Crippen LogP contribution in [0.25, 0.3) is 32.9 Å². The van der Waals surface area contributed by atoms with Crippen LogP contribution in [0.1, 0.15) is 59.3 Å². The van der Waals surface area contributed by atoms with Crippen molar-refractivity contribution in [1.29, 1.82) is 0 Å². The Bertz CT molecular complexity index is 1980. The fourth-order valence-corrected chi connectivity index (χ4v) is 8.72. The molecule has 4 aliphatic rings. The normalized spacial score (nSPS) is 25.1. The van der Waals surface area contributed by atoms with Gasteiger partial charge in [-0.15, -0.1) is 0 Å². The number of benzene rings is 2. The second-order valence-corrected chi connectivity index (χ2v) is 15.1. The molecule has 2 aromatic carbocycles. The molecule has 0 radical (unpaired) electrons. The molecule has 0 aliphatic carbocycles. The van der Waals surface area contributed by atoms with E-state index in [9.17, 15) is 14.3 Å². The third-order valence-corrected chi connectivity index (χ3v) is 10.9. The summed E-state index contributed by atoms with van der Waals surface area (Å²) in [7, 11) is 0. The Morgan fingerprint density at radius 1 is 1.02 bits per heavy atom. The predicted octanol–water partition coefficient (Wildman–Crippen LogP) is 6.22. The molecule has 1 amide bonds. The van der Waals surface area contributed by atoms with E-state index in [1.807, 2.05) is 30.6 Å². The lowest BCUT2D eigenvalue weighted by molar-refractivity contribution is 0.0122. The Labute approximate surface area is 288 Å². The number of anilines is 1. The van der Waals surface area contributed by atoms with Gasteiger partial charge in [0.1, 0.15) is 29.2 Å². The van der Waals surface area contributed by atoms with Crippen LogP contribution in [0.15, 0.2) is 36.5 Å². The van der Waals surface area contributed by atoms with Crippen molar-refractivity contribution >= 4 is 33.6 Å². The zero-order valence-corrected chi connectivity index (χ0v) is 28.5. The summed E-state index contributed by atoms with van der Waals surface area (Å²) in [5, 5.41) is 10.7. The Morgan fingerprint density at radius 3 is 2.54 bits per heavy atom. The Kier molecular flexibility index (Phi) is 8.05. The van der Waals surface area contributed by atoms with Gasteiger partial charge in [-0.25, -0.2) is 18.0 Å². The van der Waals surface area contributed by atoms with Crippen LogP contribution in [0, 0.1) is 17.5 Å². The van der Waals surface area contributed by atoms with Crippen LogP contribution in [-0.2, 0) is 4.74 Å². The molecule has 4 aromatic rings. The number of piperazine rings is 1. The van der Waals surface area contributed by atoms with E-state index in [4.69, 9.17) is 14.5 Å². The first-order valence-corrected chi connectivity index (χ1v) is 17.5. The zero-order valence-electron chi connectivity index (χ0n) is 28.5. The molecule has 13 heteroatoms. The van der Waals surface area contributed by atoms with Gasteiger partial charge >= 0.3 is 12.1 Å². The number of fused-ring (bicyclic) bond motifs is 5. The zero-order chi connectivity index (χ0) is 34.9. The number of aromatic nitrogens is 3. The number of rotatable bonds is 6. The molecule has 1 N–H and O–H groups in total. The van der Waals surface area contributed by atoms with E-state index >= 15 is 8.78 Å². The van der Waals surface area contributed by atoms with Gasteiger partial charge in [0.05, 0.1) is 29.6 Å². The third-order valence-electron chi connectivity index (χ3n) is 10.9. The largest absolute Gasteiger partial charge is 0.461 e. The molecule has 0 spiro atoms. The number of aliphatic hydroxyl groups is 1. The first-order chi connectivity index (χ1) is 24.0. The van der Waals surface area contributed by atoms with Crippen molar-refractivity contribution in [2.45, 2.75) is 88.6 Å². The number of hydrogen-bond acceptors (Lipinski definition) is 9. The summed E-state index contributed by atoms with van der Waals surface area (Å²) in [6.07, 6.45) is 6.32. The van der Waals surface area contributed by atoms with Crippen LogP contribution in [0.3, 0.4) is 0 Å². The fourth-order valence-electron chi connectivity index (χ4n) is 8.72. The highest BCUT2D eigenvalue weighted by Crippen LogP contribution is 2.43. The van der Waals surface area contributed by atoms with Crippen molar-refractivity contribution in [1.82, 2.24) is 24.8 Å². The monoisotopic (exact) mass is 690 g/mol. The van der Waals surface area contributed by atoms with E-state index in [-0.39, 0.29) is 71.1 Å². The highest BCUT2D eigenvalue weighted by Gasteiger charge is 2.50. The Balaban J connectivity index is 1.20. The standard InChI is InChI=1S/C37H41F3N6O4/c1-36(2,3)50-35(48)46-22-9-10-23(46)18-44(17-22)33-26-16-41-31(25-7-4-6-21-8-11-27(38)29(39)28(21)25)30(40)32(26)42-34(43-33)49-20-37-13-5-15-45(37)24(19-47)12-14-37/h4,6-8,11,16,22-24,47H,5,9-10,12-15,17-20H2,1-3H3/t22-,23+,24-,37+/m0/s1. The van der Waals surface area contributed by atoms with Gasteiger partial charge in [-0.1, -0.05) is 24.3 Å². The Morgan fingerprint density at radius 2 is 1.80 bits per heavy atom. The maximum atomic E-state index is 16.8. The minimum absolute atomic E-state index is 0.00529. The van der Waals surface area contributed by atoms with E-state index in [2.05, 4.69) is 14.9 Å². The second-order valence-electron chi connectivity index (χ2n) is 15.1. The van der Waals surface area contributed by atoms with Gasteiger partial charge in [0, 0.05) is 36.3 Å². The third kappa shape index (κ3) is 5.49. The van der Waals surface area contributed by atoms with Gasteiger partial charge in [0.15, 0.2) is 17.5 Å². The van der Waals surface area contributed by atoms with Gasteiger partial charge in [-0.3, -0.25) is 14.8 Å². The van der Waals surface area contributed by atoms with Crippen LogP contribution >= 0.6 is 0 Å². The highest BCUT2D eigenvalue weighted by molar-refractivity contribution is 5.99. The molecule has 4 fully saturated rings. The smallest absolute Gasteiger partial charge is 0.410 e. The second kappa shape index (κ2) is 12.2. The predicted molar refractivity (Wildman–Crippen MR) is 182 cm³/mol. The molecule has 4 atom stereocenters. The van der Waals surface area contributed by atoms with Crippen molar-refractivity contribution in [3.8, 4) is 17.3 Å². The van der Waals surface area contributed by atoms with Crippen LogP contribution in [0.5, 0.6) is 6.01 Å². The van der Waals surface area contributed by atoms with E-state index in [1.54, 1.807) is 12.1 Å². The van der Waals surface area contributed by atoms with Gasteiger partial charge in [-0.2, -0.15) is 9.97 Å². The summed E-state index contributed by atoms with van der Waals surface area (Å²) in [6.45, 7) is 7.64. The minimum Gasteiger partial charge on any atom is -0.461 e. The quantitative estimate of drug-likeness (QED) is 0.253. The molecular formula is C37H41F3N6O4. The molecule has 2 aromatic heterocycles. The van der Waals surface area contributed by atoms with E-state index in [1.165, 1.54) is 18.3 Å². The number of hydrogen-bond donors (Lipinski definition) is 1. The SMILES string of the molecule is CC(C)(C)OC(=O)N1[C@@H]2CC[C@H]1CN(c1nc(OC[C@]34CCCN3[C@H](CO)CC4)nc3c(F)c(-c4cccc5ccc(F)c(F)c45)ncc13)C2. The molecule has 6 heterocycles. The van der Waals surface area contributed by atoms with Crippen molar-refractivity contribution in [3.63, 3.8) is 0 Å². The summed E-state index contributed by atoms with van der Waals surface area (Å²) >= 11 is 0. The molecule has 4 aliphatic heterocycles. The summed E-state index contributed by atoms with van der Waals surface area (Å²) in [4.78, 5) is 33.3. The molecule has 8 rings (SSSR count). The highest BCUT2D eigenvalue weighted by atomic mass is 19.2. The lowest BCUT2D eigenvalue weighted by Gasteiger charge is -2.42. The summed E-state index contributed by atoms with van der Waals surface area (Å²) in [5.41, 5.74) is -1.01. The van der Waals surface area contributed by atoms with Crippen molar-refractivity contribution in [2.24, 2.45) is 0 Å². The Hall–Kier alpha value is -4.23. The molecule has 264 valence electrons. The summed E-state index contributed by atoms with van der Waals surface area (Å²) in [6, 6.07) is 7.08. The number of carbonyl (C=O) groups excluding carboxylic acids is 1. The number of aliphatic hydroxyl groups excluding tert-OH is 1. The first-order valence-electron chi connectivity index (χ1n) is 17.5. The topological polar surface area (TPSA) is 104 Å². The average molecular weight is 691 g/mol. The van der Waals surface area contributed by atoms with E-state index in [0.29, 0.717) is 29.7 Å². The number of nitrogens with zero attached hydrogens (tertiary/aromatic N) is 6. The lowest BCUT2D eigenvalue weighted by atomic mass is 9.95. The molecule has 10 nitrogen and oxygen atoms in total. The van der Waals surface area contributed by atoms with Crippen LogP contribution in [0.2, 0.25) is 0 Å².